The number of carboxylic acid groups (broad SMARTS) is 1. The smallest absolute Gasteiger partial charge is 0.307 e. The number of benzene rings is 1. The summed E-state index contributed by atoms with van der Waals surface area (Å²) in [7, 11) is 0. The van der Waals surface area contributed by atoms with Crippen molar-refractivity contribution in [1.29, 1.82) is 0 Å². The van der Waals surface area contributed by atoms with Gasteiger partial charge in [0.2, 0.25) is 0 Å². The van der Waals surface area contributed by atoms with Gasteiger partial charge in [0.25, 0.3) is 0 Å². The van der Waals surface area contributed by atoms with Crippen LogP contribution in [0.2, 0.25) is 0 Å². The lowest BCUT2D eigenvalue weighted by Gasteiger charge is -2.04. The van der Waals surface area contributed by atoms with E-state index < -0.39 is 5.97 Å². The molecule has 1 aromatic rings. The van der Waals surface area contributed by atoms with Gasteiger partial charge in [0.15, 0.2) is 5.78 Å². The molecule has 86 valence electrons. The van der Waals surface area contributed by atoms with E-state index >= 15 is 0 Å². The van der Waals surface area contributed by atoms with Crippen LogP contribution in [0.4, 0.5) is 0 Å². The number of rotatable bonds is 5. The van der Waals surface area contributed by atoms with E-state index in [2.05, 4.69) is 15.9 Å². The van der Waals surface area contributed by atoms with Gasteiger partial charge in [-0.15, -0.1) is 11.6 Å². The summed E-state index contributed by atoms with van der Waals surface area (Å²) in [6.45, 7) is 0. The second-order valence-electron chi connectivity index (χ2n) is 3.24. The number of aliphatic carboxylic acids is 1. The maximum Gasteiger partial charge on any atom is 0.307 e. The summed E-state index contributed by atoms with van der Waals surface area (Å²) in [6, 6.07) is 4.93. The first-order valence-electron chi connectivity index (χ1n) is 4.64. The van der Waals surface area contributed by atoms with Crippen LogP contribution in [-0.2, 0) is 11.2 Å². The van der Waals surface area contributed by atoms with E-state index in [-0.39, 0.29) is 24.5 Å². The Hall–Kier alpha value is -0.870. The summed E-state index contributed by atoms with van der Waals surface area (Å²) in [6.07, 6.45) is 0.151. The fraction of sp³-hybridized carbons (Fsp3) is 0.273. The number of halogens is 2. The van der Waals surface area contributed by atoms with Crippen molar-refractivity contribution in [3.63, 3.8) is 0 Å². The zero-order valence-electron chi connectivity index (χ0n) is 8.37. The minimum Gasteiger partial charge on any atom is -0.481 e. The maximum absolute atomic E-state index is 11.5. The van der Waals surface area contributed by atoms with Gasteiger partial charge < -0.3 is 5.11 Å². The van der Waals surface area contributed by atoms with E-state index in [1.165, 1.54) is 0 Å². The van der Waals surface area contributed by atoms with E-state index in [1.54, 1.807) is 18.2 Å². The molecule has 16 heavy (non-hydrogen) atoms. The van der Waals surface area contributed by atoms with Gasteiger partial charge in [-0.3, -0.25) is 9.59 Å². The van der Waals surface area contributed by atoms with Crippen LogP contribution in [0.1, 0.15) is 22.3 Å². The first-order valence-corrected chi connectivity index (χ1v) is 5.96. The van der Waals surface area contributed by atoms with Gasteiger partial charge in [0, 0.05) is 22.3 Å². The molecule has 0 heterocycles. The van der Waals surface area contributed by atoms with Crippen LogP contribution < -0.4 is 0 Å². The van der Waals surface area contributed by atoms with Gasteiger partial charge in [-0.05, 0) is 17.7 Å². The summed E-state index contributed by atoms with van der Waals surface area (Å²) in [5, 5.41) is 8.70. The Labute approximate surface area is 107 Å². The molecule has 0 aromatic heterocycles. The van der Waals surface area contributed by atoms with E-state index in [4.69, 9.17) is 16.7 Å². The van der Waals surface area contributed by atoms with Gasteiger partial charge in [0.05, 0.1) is 6.42 Å². The van der Waals surface area contributed by atoms with Crippen molar-refractivity contribution < 1.29 is 14.7 Å². The molecule has 0 radical (unpaired) electrons. The molecule has 5 heteroatoms. The first-order chi connectivity index (χ1) is 7.54. The van der Waals surface area contributed by atoms with Gasteiger partial charge in [-0.2, -0.15) is 0 Å². The Morgan fingerprint density at radius 2 is 2.06 bits per heavy atom. The van der Waals surface area contributed by atoms with Crippen molar-refractivity contribution in [2.45, 2.75) is 12.8 Å². The van der Waals surface area contributed by atoms with E-state index in [0.29, 0.717) is 15.6 Å². The number of hydrogen-bond donors (Lipinski definition) is 1. The highest BCUT2D eigenvalue weighted by Crippen LogP contribution is 2.20. The molecule has 0 spiro atoms. The summed E-state index contributed by atoms with van der Waals surface area (Å²) < 4.78 is 0.692. The second-order valence-corrected chi connectivity index (χ2v) is 4.47. The fourth-order valence-corrected chi connectivity index (χ4v) is 1.84. The molecule has 0 unspecified atom stereocenters. The molecule has 0 bridgehead atoms. The molecule has 0 atom stereocenters. The lowest BCUT2D eigenvalue weighted by Crippen LogP contribution is -2.04. The number of carbonyl (C=O) groups excluding carboxylic acids is 1. The third-order valence-electron chi connectivity index (χ3n) is 2.03. The van der Waals surface area contributed by atoms with Gasteiger partial charge in [-0.25, -0.2) is 0 Å². The third-order valence-corrected chi connectivity index (χ3v) is 2.99. The molecular formula is C11H10BrClO3. The Kier molecular flexibility index (Phi) is 4.96. The average molecular weight is 306 g/mol. The summed E-state index contributed by atoms with van der Waals surface area (Å²) >= 11 is 8.72. The van der Waals surface area contributed by atoms with E-state index in [1.807, 2.05) is 0 Å². The Balaban J connectivity index is 2.97. The largest absolute Gasteiger partial charge is 0.481 e. The monoisotopic (exact) mass is 304 g/mol. The zero-order valence-corrected chi connectivity index (χ0v) is 10.7. The first kappa shape index (κ1) is 13.2. The predicted molar refractivity (Wildman–Crippen MR) is 65.1 cm³/mol. The molecule has 0 aliphatic carbocycles. The molecule has 0 fully saturated rings. The highest BCUT2D eigenvalue weighted by Gasteiger charge is 2.10. The number of hydrogen-bond acceptors (Lipinski definition) is 2. The van der Waals surface area contributed by atoms with Gasteiger partial charge in [0.1, 0.15) is 0 Å². The normalized spacial score (nSPS) is 10.1. The Morgan fingerprint density at radius 3 is 2.62 bits per heavy atom. The number of carboxylic acids is 1. The molecule has 0 aliphatic heterocycles. The summed E-state index contributed by atoms with van der Waals surface area (Å²) in [4.78, 5) is 22.1. The van der Waals surface area contributed by atoms with Crippen LogP contribution in [0.3, 0.4) is 0 Å². The van der Waals surface area contributed by atoms with Crippen LogP contribution in [0.15, 0.2) is 22.7 Å². The number of Topliss-reactive ketones (excluding diaryl/α,β-unsaturated/α-hetero) is 1. The molecule has 0 saturated heterocycles. The average Bonchev–Trinajstić information content (AvgIpc) is 2.21. The highest BCUT2D eigenvalue weighted by molar-refractivity contribution is 9.10. The summed E-state index contributed by atoms with van der Waals surface area (Å²) in [5.41, 5.74) is 1.09. The molecule has 0 aliphatic rings. The predicted octanol–water partition coefficient (Wildman–Crippen LogP) is 2.89. The van der Waals surface area contributed by atoms with Gasteiger partial charge in [-0.1, -0.05) is 22.0 Å². The van der Waals surface area contributed by atoms with Crippen LogP contribution in [0.5, 0.6) is 0 Å². The van der Waals surface area contributed by atoms with Crippen molar-refractivity contribution >= 4 is 39.3 Å². The molecular weight excluding hydrogens is 295 g/mol. The maximum atomic E-state index is 11.5. The zero-order chi connectivity index (χ0) is 12.1. The quantitative estimate of drug-likeness (QED) is 0.672. The molecule has 1 rings (SSSR count). The van der Waals surface area contributed by atoms with Gasteiger partial charge >= 0.3 is 5.97 Å². The molecule has 0 amide bonds. The Bertz CT molecular complexity index is 418. The van der Waals surface area contributed by atoms with E-state index in [0.717, 1.165) is 0 Å². The number of alkyl halides is 1. The standard InChI is InChI=1S/C11H10BrClO3/c12-9-2-1-7(10(14)3-4-13)5-8(9)6-11(15)16/h1-2,5H,3-4,6H2,(H,15,16). The molecule has 0 saturated carbocycles. The molecule has 1 N–H and O–H groups in total. The van der Waals surface area contributed by atoms with Crippen molar-refractivity contribution in [1.82, 2.24) is 0 Å². The van der Waals surface area contributed by atoms with Crippen LogP contribution >= 0.6 is 27.5 Å². The van der Waals surface area contributed by atoms with E-state index in [9.17, 15) is 9.59 Å². The second kappa shape index (κ2) is 6.01. The Morgan fingerprint density at radius 1 is 1.38 bits per heavy atom. The van der Waals surface area contributed by atoms with Crippen molar-refractivity contribution in [3.8, 4) is 0 Å². The SMILES string of the molecule is O=C(O)Cc1cc(C(=O)CCCl)ccc1Br. The molecule has 1 aromatic carbocycles. The van der Waals surface area contributed by atoms with Crippen LogP contribution in [0, 0.1) is 0 Å². The van der Waals surface area contributed by atoms with Crippen LogP contribution in [0.25, 0.3) is 0 Å². The minimum absolute atomic E-state index is 0.0749. The number of ketones is 1. The van der Waals surface area contributed by atoms with Crippen molar-refractivity contribution in [2.24, 2.45) is 0 Å². The topological polar surface area (TPSA) is 54.4 Å². The van der Waals surface area contributed by atoms with Crippen LogP contribution in [-0.4, -0.2) is 22.7 Å². The fourth-order valence-electron chi connectivity index (χ4n) is 1.28. The lowest BCUT2D eigenvalue weighted by molar-refractivity contribution is -0.136. The summed E-state index contributed by atoms with van der Waals surface area (Å²) in [5.74, 6) is -0.736. The molecule has 3 nitrogen and oxygen atoms in total. The third kappa shape index (κ3) is 3.61. The van der Waals surface area contributed by atoms with Crippen molar-refractivity contribution in [2.75, 3.05) is 5.88 Å². The minimum atomic E-state index is -0.928. The van der Waals surface area contributed by atoms with Crippen molar-refractivity contribution in [3.05, 3.63) is 33.8 Å². The highest BCUT2D eigenvalue weighted by atomic mass is 79.9. The number of carbonyl (C=O) groups is 2. The lowest BCUT2D eigenvalue weighted by atomic mass is 10.0.